The van der Waals surface area contributed by atoms with Crippen LogP contribution in [0.3, 0.4) is 0 Å². The van der Waals surface area contributed by atoms with Crippen molar-refractivity contribution < 1.29 is 23.4 Å². The van der Waals surface area contributed by atoms with Crippen LogP contribution < -0.4 is 14.2 Å². The molecule has 7 nitrogen and oxygen atoms in total. The van der Waals surface area contributed by atoms with Crippen LogP contribution in [0.1, 0.15) is 27.8 Å². The van der Waals surface area contributed by atoms with Crippen LogP contribution in [0, 0.1) is 12.7 Å². The molecule has 0 saturated carbocycles. The van der Waals surface area contributed by atoms with Crippen molar-refractivity contribution in [2.45, 2.75) is 26.5 Å². The lowest BCUT2D eigenvalue weighted by Crippen LogP contribution is -2.47. The number of aryl methyl sites for hydroxylation is 1. The van der Waals surface area contributed by atoms with Crippen molar-refractivity contribution in [1.29, 1.82) is 0 Å². The quantitative estimate of drug-likeness (QED) is 0.113. The Morgan fingerprint density at radius 2 is 1.51 bits per heavy atom. The van der Waals surface area contributed by atoms with E-state index in [1.807, 2.05) is 42.2 Å². The third-order valence-corrected chi connectivity index (χ3v) is 9.02. The minimum absolute atomic E-state index is 0.0291. The maximum atomic E-state index is 13.1. The van der Waals surface area contributed by atoms with E-state index >= 15 is 0 Å². The molecule has 0 atom stereocenters. The van der Waals surface area contributed by atoms with Crippen molar-refractivity contribution in [2.75, 3.05) is 32.8 Å². The standard InChI is InChI=1S/C41H38Cl2FN3O4/c1-29-24-33(25-38(43)41(29)51-39-16-15-37(26-45-39)50-28-32-6-9-34(42)10-7-32)8-17-40(48)47-21-19-46(20-22-47)27-31-4-2-30(3-5-31)18-23-49-36-13-11-35(44)12-14-36/h2-17,24-26H,18-23,27-28H2,1H3/b17-8+. The third kappa shape index (κ3) is 10.6. The molecule has 1 aliphatic heterocycles. The van der Waals surface area contributed by atoms with Crippen LogP contribution in [-0.2, 0) is 24.4 Å². The first-order chi connectivity index (χ1) is 24.8. The number of pyridine rings is 1. The normalized spacial score (nSPS) is 13.4. The van der Waals surface area contributed by atoms with Gasteiger partial charge in [0, 0.05) is 56.3 Å². The molecule has 0 spiro atoms. The third-order valence-electron chi connectivity index (χ3n) is 8.49. The highest BCUT2D eigenvalue weighted by molar-refractivity contribution is 6.32. The van der Waals surface area contributed by atoms with Crippen LogP contribution in [0.4, 0.5) is 4.39 Å². The summed E-state index contributed by atoms with van der Waals surface area (Å²) in [6.45, 7) is 6.57. The summed E-state index contributed by atoms with van der Waals surface area (Å²) in [5, 5.41) is 1.10. The average molecular weight is 727 g/mol. The van der Waals surface area contributed by atoms with Gasteiger partial charge in [0.2, 0.25) is 11.8 Å². The fourth-order valence-electron chi connectivity index (χ4n) is 5.63. The van der Waals surface area contributed by atoms with E-state index in [1.54, 1.807) is 48.7 Å². The molecule has 2 heterocycles. The highest BCUT2D eigenvalue weighted by Crippen LogP contribution is 2.34. The Labute approximate surface area is 307 Å². The summed E-state index contributed by atoms with van der Waals surface area (Å²) < 4.78 is 30.6. The van der Waals surface area contributed by atoms with Gasteiger partial charge in [-0.3, -0.25) is 9.69 Å². The number of hydrogen-bond acceptors (Lipinski definition) is 6. The largest absolute Gasteiger partial charge is 0.493 e. The second-order valence-electron chi connectivity index (χ2n) is 12.3. The first-order valence-electron chi connectivity index (χ1n) is 16.7. The molecule has 4 aromatic carbocycles. The van der Waals surface area contributed by atoms with Gasteiger partial charge in [0.1, 0.15) is 23.9 Å². The summed E-state index contributed by atoms with van der Waals surface area (Å²) in [5.74, 6) is 1.86. The first kappa shape index (κ1) is 35.9. The molecule has 6 rings (SSSR count). The van der Waals surface area contributed by atoms with Crippen LogP contribution in [0.2, 0.25) is 10.0 Å². The van der Waals surface area contributed by atoms with E-state index < -0.39 is 0 Å². The van der Waals surface area contributed by atoms with E-state index in [-0.39, 0.29) is 11.7 Å². The summed E-state index contributed by atoms with van der Waals surface area (Å²) in [6, 6.07) is 29.3. The molecule has 5 aromatic rings. The van der Waals surface area contributed by atoms with Crippen LogP contribution >= 0.6 is 23.2 Å². The summed E-state index contributed by atoms with van der Waals surface area (Å²) >= 11 is 12.6. The molecule has 1 fully saturated rings. The van der Waals surface area contributed by atoms with Crippen molar-refractivity contribution in [1.82, 2.24) is 14.8 Å². The van der Waals surface area contributed by atoms with E-state index in [9.17, 15) is 9.18 Å². The van der Waals surface area contributed by atoms with Gasteiger partial charge in [-0.2, -0.15) is 0 Å². The number of nitrogens with zero attached hydrogens (tertiary/aromatic N) is 3. The number of piperazine rings is 1. The lowest BCUT2D eigenvalue weighted by Gasteiger charge is -2.34. The van der Waals surface area contributed by atoms with Crippen molar-refractivity contribution in [3.05, 3.63) is 153 Å². The Hall–Kier alpha value is -4.89. The number of benzene rings is 4. The molecule has 262 valence electrons. The van der Waals surface area contributed by atoms with E-state index in [1.165, 1.54) is 23.3 Å². The van der Waals surface area contributed by atoms with Gasteiger partial charge in [-0.15, -0.1) is 0 Å². The molecule has 1 saturated heterocycles. The molecule has 1 amide bonds. The molecular weight excluding hydrogens is 688 g/mol. The number of halogens is 3. The highest BCUT2D eigenvalue weighted by Gasteiger charge is 2.20. The fourth-order valence-corrected chi connectivity index (χ4v) is 6.07. The van der Waals surface area contributed by atoms with Gasteiger partial charge in [-0.25, -0.2) is 9.37 Å². The fraction of sp³-hybridized carbons (Fsp3) is 0.220. The Morgan fingerprint density at radius 1 is 0.824 bits per heavy atom. The van der Waals surface area contributed by atoms with Gasteiger partial charge >= 0.3 is 0 Å². The van der Waals surface area contributed by atoms with Gasteiger partial charge in [0.25, 0.3) is 0 Å². The average Bonchev–Trinajstić information content (AvgIpc) is 3.14. The monoisotopic (exact) mass is 725 g/mol. The molecular formula is C41H38Cl2FN3O4. The van der Waals surface area contributed by atoms with E-state index in [0.717, 1.165) is 42.7 Å². The van der Waals surface area contributed by atoms with Crippen molar-refractivity contribution in [3.8, 4) is 23.1 Å². The number of carbonyl (C=O) groups is 1. The maximum absolute atomic E-state index is 13.1. The zero-order valence-corrected chi connectivity index (χ0v) is 29.7. The molecule has 0 bridgehead atoms. The molecule has 1 aliphatic rings. The molecule has 10 heteroatoms. The number of rotatable bonds is 13. The van der Waals surface area contributed by atoms with Crippen LogP contribution in [0.15, 0.2) is 109 Å². The zero-order chi connectivity index (χ0) is 35.6. The lowest BCUT2D eigenvalue weighted by molar-refractivity contribution is -0.127. The topological polar surface area (TPSA) is 64.1 Å². The first-order valence-corrected chi connectivity index (χ1v) is 17.5. The number of carbonyl (C=O) groups excluding carboxylic acids is 1. The second kappa shape index (κ2) is 17.4. The molecule has 0 N–H and O–H groups in total. The maximum Gasteiger partial charge on any atom is 0.246 e. The summed E-state index contributed by atoms with van der Waals surface area (Å²) in [4.78, 5) is 21.6. The molecule has 0 aliphatic carbocycles. The number of ether oxygens (including phenoxy) is 3. The molecule has 0 radical (unpaired) electrons. The van der Waals surface area contributed by atoms with Crippen molar-refractivity contribution in [2.24, 2.45) is 0 Å². The van der Waals surface area contributed by atoms with Gasteiger partial charge in [0.15, 0.2) is 5.75 Å². The van der Waals surface area contributed by atoms with Gasteiger partial charge in [-0.05, 0) is 95.4 Å². The summed E-state index contributed by atoms with van der Waals surface area (Å²) in [6.07, 6.45) is 5.76. The minimum atomic E-state index is -0.274. The zero-order valence-electron chi connectivity index (χ0n) is 28.2. The Balaban J connectivity index is 0.931. The second-order valence-corrected chi connectivity index (χ2v) is 13.1. The van der Waals surface area contributed by atoms with Crippen LogP contribution in [0.25, 0.3) is 6.08 Å². The Morgan fingerprint density at radius 3 is 2.20 bits per heavy atom. The Bertz CT molecular complexity index is 1910. The summed E-state index contributed by atoms with van der Waals surface area (Å²) in [5.41, 5.74) is 5.03. The van der Waals surface area contributed by atoms with Gasteiger partial charge < -0.3 is 19.1 Å². The Kier molecular flexibility index (Phi) is 12.2. The smallest absolute Gasteiger partial charge is 0.246 e. The number of hydrogen-bond donors (Lipinski definition) is 0. The molecule has 1 aromatic heterocycles. The SMILES string of the molecule is Cc1cc(/C=C/C(=O)N2CCN(Cc3ccc(CCOc4ccc(F)cc4)cc3)CC2)cc(Cl)c1Oc1ccc(OCc2ccc(Cl)cc2)cn1. The molecule has 51 heavy (non-hydrogen) atoms. The van der Waals surface area contributed by atoms with E-state index in [0.29, 0.717) is 59.5 Å². The number of amides is 1. The van der Waals surface area contributed by atoms with Gasteiger partial charge in [0.05, 0.1) is 17.8 Å². The lowest BCUT2D eigenvalue weighted by atomic mass is 10.1. The van der Waals surface area contributed by atoms with Crippen LogP contribution in [0.5, 0.6) is 23.1 Å². The number of aromatic nitrogens is 1. The predicted octanol–water partition coefficient (Wildman–Crippen LogP) is 9.19. The van der Waals surface area contributed by atoms with Crippen molar-refractivity contribution >= 4 is 35.2 Å². The minimum Gasteiger partial charge on any atom is -0.493 e. The summed E-state index contributed by atoms with van der Waals surface area (Å²) in [7, 11) is 0. The van der Waals surface area contributed by atoms with Crippen LogP contribution in [-0.4, -0.2) is 53.5 Å². The van der Waals surface area contributed by atoms with E-state index in [4.69, 9.17) is 37.4 Å². The van der Waals surface area contributed by atoms with Gasteiger partial charge in [-0.1, -0.05) is 59.6 Å². The highest BCUT2D eigenvalue weighted by atomic mass is 35.5. The van der Waals surface area contributed by atoms with Crippen molar-refractivity contribution in [3.63, 3.8) is 0 Å². The predicted molar refractivity (Wildman–Crippen MR) is 199 cm³/mol. The molecule has 0 unspecified atom stereocenters. The van der Waals surface area contributed by atoms with E-state index in [2.05, 4.69) is 34.1 Å².